The van der Waals surface area contributed by atoms with Crippen molar-refractivity contribution in [3.63, 3.8) is 0 Å². The molecule has 0 spiro atoms. The molecule has 1 aliphatic heterocycles. The predicted octanol–water partition coefficient (Wildman–Crippen LogP) is 2.91. The van der Waals surface area contributed by atoms with E-state index in [0.717, 1.165) is 38.5 Å². The van der Waals surface area contributed by atoms with Crippen LogP contribution in [0.1, 0.15) is 64.2 Å². The fourth-order valence-electron chi connectivity index (χ4n) is 2.12. The lowest BCUT2D eigenvalue weighted by Gasteiger charge is -2.07. The Bertz CT molecular complexity index is 319. The molecule has 0 amide bonds. The van der Waals surface area contributed by atoms with Gasteiger partial charge in [-0.1, -0.05) is 25.7 Å². The summed E-state index contributed by atoms with van der Waals surface area (Å²) in [7, 11) is 0. The maximum absolute atomic E-state index is 11.7. The van der Waals surface area contributed by atoms with E-state index in [1.807, 2.05) is 0 Å². The highest BCUT2D eigenvalue weighted by molar-refractivity contribution is 5.87. The van der Waals surface area contributed by atoms with Gasteiger partial charge in [0.2, 0.25) is 0 Å². The fourth-order valence-corrected chi connectivity index (χ4v) is 2.12. The summed E-state index contributed by atoms with van der Waals surface area (Å²) in [6.45, 7) is 0. The molecular formula is C14H21NO3. The van der Waals surface area contributed by atoms with Crippen molar-refractivity contribution in [2.75, 3.05) is 0 Å². The summed E-state index contributed by atoms with van der Waals surface area (Å²) >= 11 is 0. The number of cyclic esters (lactones) is 1. The molecule has 1 aliphatic rings. The third kappa shape index (κ3) is 5.81. The standard InChI is InChI=1S/C14H21NO3/c15-11-7-5-3-1-2-4-6-8-12(16)13-9-10-14(17)18-13/h13H,1-10H2. The zero-order valence-electron chi connectivity index (χ0n) is 10.8. The number of unbranched alkanes of at least 4 members (excludes halogenated alkanes) is 6. The van der Waals surface area contributed by atoms with Crippen LogP contribution in [0.4, 0.5) is 0 Å². The van der Waals surface area contributed by atoms with Crippen molar-refractivity contribution >= 4 is 11.8 Å². The molecule has 0 aliphatic carbocycles. The van der Waals surface area contributed by atoms with Crippen LogP contribution in [0, 0.1) is 11.3 Å². The van der Waals surface area contributed by atoms with Crippen molar-refractivity contribution < 1.29 is 14.3 Å². The maximum Gasteiger partial charge on any atom is 0.306 e. The van der Waals surface area contributed by atoms with E-state index in [4.69, 9.17) is 10.00 Å². The molecule has 1 unspecified atom stereocenters. The van der Waals surface area contributed by atoms with E-state index in [1.165, 1.54) is 0 Å². The average Bonchev–Trinajstić information content (AvgIpc) is 2.79. The number of ketones is 1. The first kappa shape index (κ1) is 14.7. The number of Topliss-reactive ketones (excluding diaryl/α,β-unsaturated/α-hetero) is 1. The van der Waals surface area contributed by atoms with E-state index in [-0.39, 0.29) is 11.8 Å². The molecule has 4 heteroatoms. The van der Waals surface area contributed by atoms with Crippen molar-refractivity contribution in [3.05, 3.63) is 0 Å². The lowest BCUT2D eigenvalue weighted by atomic mass is 10.0. The van der Waals surface area contributed by atoms with Crippen LogP contribution in [0.15, 0.2) is 0 Å². The van der Waals surface area contributed by atoms with Gasteiger partial charge in [-0.05, 0) is 12.8 Å². The normalized spacial score (nSPS) is 18.4. The van der Waals surface area contributed by atoms with Crippen molar-refractivity contribution in [3.8, 4) is 6.07 Å². The molecule has 1 atom stereocenters. The summed E-state index contributed by atoms with van der Waals surface area (Å²) in [5, 5.41) is 8.37. The lowest BCUT2D eigenvalue weighted by molar-refractivity contribution is -0.147. The van der Waals surface area contributed by atoms with E-state index in [9.17, 15) is 9.59 Å². The minimum atomic E-state index is -0.465. The summed E-state index contributed by atoms with van der Waals surface area (Å²) in [6.07, 6.45) is 7.90. The van der Waals surface area contributed by atoms with Gasteiger partial charge in [0.25, 0.3) is 0 Å². The minimum absolute atomic E-state index is 0.0744. The number of rotatable bonds is 9. The van der Waals surface area contributed by atoms with E-state index in [0.29, 0.717) is 25.7 Å². The highest BCUT2D eigenvalue weighted by atomic mass is 16.6. The van der Waals surface area contributed by atoms with Crippen LogP contribution in [0.2, 0.25) is 0 Å². The summed E-state index contributed by atoms with van der Waals surface area (Å²) < 4.78 is 4.93. The second-order valence-corrected chi connectivity index (χ2v) is 4.76. The summed E-state index contributed by atoms with van der Waals surface area (Å²) in [4.78, 5) is 22.5. The molecule has 0 saturated carbocycles. The molecule has 100 valence electrons. The van der Waals surface area contributed by atoms with Crippen LogP contribution in [0.5, 0.6) is 0 Å². The molecule has 0 N–H and O–H groups in total. The van der Waals surface area contributed by atoms with Crippen LogP contribution in [-0.2, 0) is 14.3 Å². The Hall–Kier alpha value is -1.37. The first-order valence-electron chi connectivity index (χ1n) is 6.83. The second-order valence-electron chi connectivity index (χ2n) is 4.76. The molecule has 0 radical (unpaired) electrons. The molecule has 4 nitrogen and oxygen atoms in total. The van der Waals surface area contributed by atoms with Gasteiger partial charge < -0.3 is 4.74 Å². The first-order valence-corrected chi connectivity index (χ1v) is 6.83. The van der Waals surface area contributed by atoms with Crippen molar-refractivity contribution in [1.29, 1.82) is 5.26 Å². The van der Waals surface area contributed by atoms with Crippen molar-refractivity contribution in [1.82, 2.24) is 0 Å². The van der Waals surface area contributed by atoms with Gasteiger partial charge in [-0.15, -0.1) is 0 Å². The molecule has 0 aromatic carbocycles. The van der Waals surface area contributed by atoms with Gasteiger partial charge in [0.15, 0.2) is 11.9 Å². The summed E-state index contributed by atoms with van der Waals surface area (Å²) in [5.41, 5.74) is 0. The largest absolute Gasteiger partial charge is 0.454 e. The lowest BCUT2D eigenvalue weighted by Crippen LogP contribution is -2.19. The summed E-state index contributed by atoms with van der Waals surface area (Å²) in [5.74, 6) is -0.170. The number of nitriles is 1. The van der Waals surface area contributed by atoms with E-state index >= 15 is 0 Å². The molecule has 0 bridgehead atoms. The smallest absolute Gasteiger partial charge is 0.306 e. The van der Waals surface area contributed by atoms with E-state index in [2.05, 4.69) is 6.07 Å². The Balaban J connectivity index is 1.93. The van der Waals surface area contributed by atoms with Gasteiger partial charge in [0.1, 0.15) is 0 Å². The van der Waals surface area contributed by atoms with Crippen LogP contribution in [-0.4, -0.2) is 17.9 Å². The Kier molecular flexibility index (Phi) is 7.09. The molecule has 1 rings (SSSR count). The number of ether oxygens (including phenoxy) is 1. The summed E-state index contributed by atoms with van der Waals surface area (Å²) in [6, 6.07) is 2.13. The SMILES string of the molecule is N#CCCCCCCCCC(=O)C1CCC(=O)O1. The fraction of sp³-hybridized carbons (Fsp3) is 0.786. The first-order chi connectivity index (χ1) is 8.74. The van der Waals surface area contributed by atoms with Crippen molar-refractivity contribution in [2.24, 2.45) is 0 Å². The molecule has 18 heavy (non-hydrogen) atoms. The third-order valence-electron chi connectivity index (χ3n) is 3.21. The Labute approximate surface area is 108 Å². The zero-order chi connectivity index (χ0) is 13.2. The quantitative estimate of drug-likeness (QED) is 0.467. The number of esters is 1. The highest BCUT2D eigenvalue weighted by Crippen LogP contribution is 2.17. The van der Waals surface area contributed by atoms with Gasteiger partial charge >= 0.3 is 5.97 Å². The number of hydrogen-bond donors (Lipinski definition) is 0. The van der Waals surface area contributed by atoms with Crippen LogP contribution in [0.3, 0.4) is 0 Å². The van der Waals surface area contributed by atoms with Gasteiger partial charge in [0, 0.05) is 25.7 Å². The third-order valence-corrected chi connectivity index (χ3v) is 3.21. The second kappa shape index (κ2) is 8.68. The van der Waals surface area contributed by atoms with Gasteiger partial charge in [0.05, 0.1) is 6.07 Å². The van der Waals surface area contributed by atoms with Crippen molar-refractivity contribution in [2.45, 2.75) is 70.3 Å². The maximum atomic E-state index is 11.7. The molecule has 1 heterocycles. The van der Waals surface area contributed by atoms with Crippen LogP contribution in [0.25, 0.3) is 0 Å². The Morgan fingerprint density at radius 2 is 1.89 bits per heavy atom. The topological polar surface area (TPSA) is 67.2 Å². The molecular weight excluding hydrogens is 230 g/mol. The Morgan fingerprint density at radius 1 is 1.22 bits per heavy atom. The minimum Gasteiger partial charge on any atom is -0.454 e. The monoisotopic (exact) mass is 251 g/mol. The van der Waals surface area contributed by atoms with E-state index < -0.39 is 6.10 Å². The number of carbonyl (C=O) groups is 2. The number of nitrogens with zero attached hydrogens (tertiary/aromatic N) is 1. The zero-order valence-corrected chi connectivity index (χ0v) is 10.8. The molecule has 1 saturated heterocycles. The molecule has 1 fully saturated rings. The molecule has 0 aromatic rings. The Morgan fingerprint density at radius 3 is 2.50 bits per heavy atom. The van der Waals surface area contributed by atoms with E-state index in [1.54, 1.807) is 0 Å². The van der Waals surface area contributed by atoms with Crippen LogP contribution < -0.4 is 0 Å². The van der Waals surface area contributed by atoms with Gasteiger partial charge in [-0.25, -0.2) is 0 Å². The average molecular weight is 251 g/mol. The van der Waals surface area contributed by atoms with Gasteiger partial charge in [-0.3, -0.25) is 9.59 Å². The molecule has 0 aromatic heterocycles. The highest BCUT2D eigenvalue weighted by Gasteiger charge is 2.28. The predicted molar refractivity (Wildman–Crippen MR) is 66.7 cm³/mol. The van der Waals surface area contributed by atoms with Gasteiger partial charge in [-0.2, -0.15) is 5.26 Å². The number of carbonyl (C=O) groups excluding carboxylic acids is 2. The number of hydrogen-bond acceptors (Lipinski definition) is 4. The van der Waals surface area contributed by atoms with Crippen LogP contribution >= 0.6 is 0 Å².